The molecule has 2 aromatic heterocycles. The number of aromatic nitrogens is 2. The summed E-state index contributed by atoms with van der Waals surface area (Å²) in [7, 11) is 2.21. The first kappa shape index (κ1) is 19.2. The number of hydrazone groups is 1. The van der Waals surface area contributed by atoms with Crippen LogP contribution in [-0.4, -0.2) is 28.6 Å². The van der Waals surface area contributed by atoms with Gasteiger partial charge in [-0.05, 0) is 63.9 Å². The Bertz CT molecular complexity index is 814. The summed E-state index contributed by atoms with van der Waals surface area (Å²) in [6.07, 6.45) is 8.08. The minimum absolute atomic E-state index is 0.310. The third-order valence-electron chi connectivity index (χ3n) is 5.42. The molecule has 1 fully saturated rings. The number of nitrogens with zero attached hydrogens (tertiary/aromatic N) is 4. The van der Waals surface area contributed by atoms with Crippen LogP contribution in [0.3, 0.4) is 0 Å². The highest BCUT2D eigenvalue weighted by Gasteiger charge is 2.31. The topological polar surface area (TPSA) is 53.4 Å². The van der Waals surface area contributed by atoms with Crippen LogP contribution in [0.15, 0.2) is 53.4 Å². The molecule has 1 saturated heterocycles. The molecular formula is C22H29N5. The minimum Gasteiger partial charge on any atom is -0.289 e. The second kappa shape index (κ2) is 8.91. The maximum Gasteiger partial charge on any atom is 0.0604 e. The standard InChI is InChI=1S/C22H29N5/c1-5-17(26-23-3)15-18-10-6-11-19(25-18)20-12-7-13-21(27(20)4)22-16(2)9-8-14-24-22/h5-6,8-11,14,20-21,26H,3,7,12-13,15H2,1-2,4H3/b17-5-. The third-order valence-corrected chi connectivity index (χ3v) is 5.42. The fourth-order valence-corrected chi connectivity index (χ4v) is 3.95. The van der Waals surface area contributed by atoms with Crippen molar-refractivity contribution < 1.29 is 0 Å². The number of hydrogen-bond acceptors (Lipinski definition) is 5. The molecule has 0 spiro atoms. The number of likely N-dealkylation sites (tertiary alicyclic amines) is 1. The molecule has 1 N–H and O–H groups in total. The average molecular weight is 364 g/mol. The zero-order valence-corrected chi connectivity index (χ0v) is 16.5. The van der Waals surface area contributed by atoms with Gasteiger partial charge in [-0.2, -0.15) is 5.10 Å². The fourth-order valence-electron chi connectivity index (χ4n) is 3.95. The number of pyridine rings is 2. The Morgan fingerprint density at radius 1 is 1.30 bits per heavy atom. The zero-order chi connectivity index (χ0) is 19.2. The van der Waals surface area contributed by atoms with Crippen LogP contribution in [0, 0.1) is 6.92 Å². The summed E-state index contributed by atoms with van der Waals surface area (Å²) >= 11 is 0. The van der Waals surface area contributed by atoms with Crippen LogP contribution >= 0.6 is 0 Å². The van der Waals surface area contributed by atoms with Crippen LogP contribution in [0.4, 0.5) is 0 Å². The van der Waals surface area contributed by atoms with Gasteiger partial charge in [-0.1, -0.05) is 18.2 Å². The molecule has 5 nitrogen and oxygen atoms in total. The van der Waals surface area contributed by atoms with E-state index < -0.39 is 0 Å². The van der Waals surface area contributed by atoms with Crippen molar-refractivity contribution in [2.45, 2.75) is 51.6 Å². The Labute approximate surface area is 162 Å². The second-order valence-corrected chi connectivity index (χ2v) is 7.15. The summed E-state index contributed by atoms with van der Waals surface area (Å²) in [5.41, 5.74) is 8.58. The van der Waals surface area contributed by atoms with Crippen LogP contribution < -0.4 is 5.43 Å². The van der Waals surface area contributed by atoms with E-state index in [0.717, 1.165) is 36.3 Å². The van der Waals surface area contributed by atoms with E-state index >= 15 is 0 Å². The number of rotatable bonds is 6. The molecule has 0 bridgehead atoms. The van der Waals surface area contributed by atoms with E-state index in [1.165, 1.54) is 17.7 Å². The van der Waals surface area contributed by atoms with E-state index in [-0.39, 0.29) is 0 Å². The van der Waals surface area contributed by atoms with Crippen LogP contribution in [0.25, 0.3) is 0 Å². The van der Waals surface area contributed by atoms with Crippen LogP contribution in [0.1, 0.15) is 60.9 Å². The molecule has 5 heteroatoms. The predicted molar refractivity (Wildman–Crippen MR) is 110 cm³/mol. The van der Waals surface area contributed by atoms with Crippen molar-refractivity contribution in [2.75, 3.05) is 7.05 Å². The van der Waals surface area contributed by atoms with Gasteiger partial charge in [0.1, 0.15) is 0 Å². The molecule has 0 radical (unpaired) electrons. The van der Waals surface area contributed by atoms with Gasteiger partial charge in [-0.25, -0.2) is 0 Å². The van der Waals surface area contributed by atoms with E-state index in [4.69, 9.17) is 4.98 Å². The van der Waals surface area contributed by atoms with Crippen molar-refractivity contribution in [2.24, 2.45) is 5.10 Å². The summed E-state index contributed by atoms with van der Waals surface area (Å²) in [5, 5.41) is 3.77. The Kier molecular flexibility index (Phi) is 6.35. The lowest BCUT2D eigenvalue weighted by Crippen LogP contribution is -2.34. The fraction of sp³-hybridized carbons (Fsp3) is 0.409. The number of aryl methyl sites for hydroxylation is 1. The summed E-state index contributed by atoms with van der Waals surface area (Å²) in [5.74, 6) is 0. The van der Waals surface area contributed by atoms with E-state index in [2.05, 4.69) is 65.4 Å². The molecule has 0 amide bonds. The van der Waals surface area contributed by atoms with Crippen molar-refractivity contribution in [1.29, 1.82) is 0 Å². The smallest absolute Gasteiger partial charge is 0.0604 e. The SMILES string of the molecule is C=NN/C(=C\C)Cc1cccc(C2CCCC(c3ncccc3C)N2C)n1. The third kappa shape index (κ3) is 4.42. The molecule has 2 aromatic rings. The molecular weight excluding hydrogens is 334 g/mol. The summed E-state index contributed by atoms with van der Waals surface area (Å²) in [4.78, 5) is 12.1. The molecule has 0 aliphatic carbocycles. The molecule has 142 valence electrons. The highest BCUT2D eigenvalue weighted by atomic mass is 15.3. The first-order valence-corrected chi connectivity index (χ1v) is 9.60. The highest BCUT2D eigenvalue weighted by Crippen LogP contribution is 2.39. The molecule has 2 atom stereocenters. The Morgan fingerprint density at radius 2 is 2.11 bits per heavy atom. The van der Waals surface area contributed by atoms with Crippen molar-refractivity contribution >= 4 is 6.72 Å². The molecule has 0 saturated carbocycles. The van der Waals surface area contributed by atoms with Gasteiger partial charge in [0.25, 0.3) is 0 Å². The normalized spacial score (nSPS) is 21.1. The number of allylic oxidation sites excluding steroid dienone is 2. The van der Waals surface area contributed by atoms with Crippen molar-refractivity contribution in [1.82, 2.24) is 20.3 Å². The maximum atomic E-state index is 4.96. The number of piperidine rings is 1. The van der Waals surface area contributed by atoms with Gasteiger partial charge in [0.15, 0.2) is 0 Å². The molecule has 2 unspecified atom stereocenters. The van der Waals surface area contributed by atoms with Gasteiger partial charge >= 0.3 is 0 Å². The maximum absolute atomic E-state index is 4.96. The van der Waals surface area contributed by atoms with Gasteiger partial charge in [0.2, 0.25) is 0 Å². The average Bonchev–Trinajstić information content (AvgIpc) is 2.69. The minimum atomic E-state index is 0.310. The van der Waals surface area contributed by atoms with E-state index in [9.17, 15) is 0 Å². The lowest BCUT2D eigenvalue weighted by molar-refractivity contribution is 0.109. The van der Waals surface area contributed by atoms with Crippen LogP contribution in [0.5, 0.6) is 0 Å². The lowest BCUT2D eigenvalue weighted by Gasteiger charge is -2.39. The zero-order valence-electron chi connectivity index (χ0n) is 16.5. The molecule has 1 aliphatic heterocycles. The predicted octanol–water partition coefficient (Wildman–Crippen LogP) is 4.33. The van der Waals surface area contributed by atoms with E-state index in [1.54, 1.807) is 0 Å². The number of hydrogen-bond donors (Lipinski definition) is 1. The van der Waals surface area contributed by atoms with Crippen molar-refractivity contribution in [3.63, 3.8) is 0 Å². The summed E-state index contributed by atoms with van der Waals surface area (Å²) in [6, 6.07) is 11.1. The van der Waals surface area contributed by atoms with Crippen LogP contribution in [0.2, 0.25) is 0 Å². The van der Waals surface area contributed by atoms with E-state index in [1.807, 2.05) is 25.3 Å². The first-order valence-electron chi connectivity index (χ1n) is 9.60. The van der Waals surface area contributed by atoms with Gasteiger partial charge < -0.3 is 0 Å². The van der Waals surface area contributed by atoms with Crippen molar-refractivity contribution in [3.8, 4) is 0 Å². The largest absolute Gasteiger partial charge is 0.289 e. The first-order chi connectivity index (χ1) is 13.1. The van der Waals surface area contributed by atoms with Gasteiger partial charge in [-0.15, -0.1) is 0 Å². The monoisotopic (exact) mass is 363 g/mol. The van der Waals surface area contributed by atoms with E-state index in [0.29, 0.717) is 12.1 Å². The Balaban J connectivity index is 1.82. The molecule has 3 rings (SSSR count). The molecule has 3 heterocycles. The quantitative estimate of drug-likeness (QED) is 0.613. The van der Waals surface area contributed by atoms with Gasteiger partial charge in [-0.3, -0.25) is 20.3 Å². The number of nitrogens with one attached hydrogen (secondary N) is 1. The second-order valence-electron chi connectivity index (χ2n) is 7.15. The van der Waals surface area contributed by atoms with Crippen molar-refractivity contribution in [3.05, 3.63) is 70.9 Å². The molecule has 27 heavy (non-hydrogen) atoms. The molecule has 0 aromatic carbocycles. The van der Waals surface area contributed by atoms with Crippen LogP contribution in [-0.2, 0) is 6.42 Å². The Morgan fingerprint density at radius 3 is 2.85 bits per heavy atom. The van der Waals surface area contributed by atoms with Gasteiger partial charge in [0, 0.05) is 30.7 Å². The molecule has 1 aliphatic rings. The lowest BCUT2D eigenvalue weighted by atomic mass is 9.90. The Hall–Kier alpha value is -2.53. The van der Waals surface area contributed by atoms with Gasteiger partial charge in [0.05, 0.1) is 23.5 Å². The summed E-state index contributed by atoms with van der Waals surface area (Å²) in [6.45, 7) is 7.64. The summed E-state index contributed by atoms with van der Waals surface area (Å²) < 4.78 is 0. The highest BCUT2D eigenvalue weighted by molar-refractivity contribution is 5.25.